The predicted octanol–water partition coefficient (Wildman–Crippen LogP) is 0.784. The van der Waals surface area contributed by atoms with Gasteiger partial charge in [0.1, 0.15) is 11.4 Å². The van der Waals surface area contributed by atoms with E-state index in [2.05, 4.69) is 4.98 Å². The van der Waals surface area contributed by atoms with Gasteiger partial charge >= 0.3 is 0 Å². The highest BCUT2D eigenvalue weighted by Gasteiger charge is 2.14. The monoisotopic (exact) mass is 256 g/mol. The van der Waals surface area contributed by atoms with E-state index in [0.717, 1.165) is 10.9 Å². The van der Waals surface area contributed by atoms with E-state index in [1.807, 2.05) is 5.43 Å². The summed E-state index contributed by atoms with van der Waals surface area (Å²) < 4.78 is 5.07. The average Bonchev–Trinajstić information content (AvgIpc) is 2.65. The van der Waals surface area contributed by atoms with Crippen LogP contribution in [0.3, 0.4) is 0 Å². The van der Waals surface area contributed by atoms with Crippen molar-refractivity contribution >= 4 is 34.9 Å². The van der Waals surface area contributed by atoms with Gasteiger partial charge in [0.25, 0.3) is 5.91 Å². The van der Waals surface area contributed by atoms with Gasteiger partial charge in [-0.05, 0) is 12.1 Å². The van der Waals surface area contributed by atoms with E-state index in [1.54, 1.807) is 25.3 Å². The molecule has 7 heteroatoms. The first-order chi connectivity index (χ1) is 7.67. The molecule has 0 aliphatic rings. The second-order valence-electron chi connectivity index (χ2n) is 3.30. The first-order valence-electron chi connectivity index (χ1n) is 4.63. The van der Waals surface area contributed by atoms with Crippen LogP contribution in [0.25, 0.3) is 10.9 Å². The van der Waals surface area contributed by atoms with Gasteiger partial charge in [-0.15, -0.1) is 12.4 Å². The molecule has 0 bridgehead atoms. The van der Waals surface area contributed by atoms with Gasteiger partial charge in [-0.2, -0.15) is 0 Å². The molecule has 0 aliphatic heterocycles. The number of benzene rings is 1. The lowest BCUT2D eigenvalue weighted by Gasteiger charge is -1.98. The summed E-state index contributed by atoms with van der Waals surface area (Å²) >= 11 is 0. The maximum absolute atomic E-state index is 11.4. The zero-order valence-corrected chi connectivity index (χ0v) is 9.93. The first-order valence-corrected chi connectivity index (χ1v) is 4.63. The summed E-state index contributed by atoms with van der Waals surface area (Å²) in [6.07, 6.45) is 0. The normalized spacial score (nSPS) is 9.76. The number of aromatic nitrogens is 1. The number of rotatable bonds is 2. The number of hydrogen-bond acceptors (Lipinski definition) is 4. The minimum Gasteiger partial charge on any atom is -0.497 e. The zero-order chi connectivity index (χ0) is 11.7. The fraction of sp³-hybridized carbons (Fsp3) is 0.100. The number of carbonyl (C=O) groups excluding carboxylic acids is 1. The van der Waals surface area contributed by atoms with Crippen LogP contribution in [0, 0.1) is 0 Å². The summed E-state index contributed by atoms with van der Waals surface area (Å²) in [5.74, 6) is 5.29. The van der Waals surface area contributed by atoms with Crippen LogP contribution in [0.4, 0.5) is 5.69 Å². The summed E-state index contributed by atoms with van der Waals surface area (Å²) in [6.45, 7) is 0. The Balaban J connectivity index is 0.00000144. The molecule has 0 saturated heterocycles. The summed E-state index contributed by atoms with van der Waals surface area (Å²) in [5.41, 5.74) is 9.21. The number of hydrazine groups is 1. The Kier molecular flexibility index (Phi) is 3.82. The lowest BCUT2D eigenvalue weighted by Crippen LogP contribution is -2.30. The fourth-order valence-electron chi connectivity index (χ4n) is 1.58. The number of hydrogen-bond donors (Lipinski definition) is 4. The smallest absolute Gasteiger partial charge is 0.283 e. The van der Waals surface area contributed by atoms with Crippen molar-refractivity contribution in [2.75, 3.05) is 12.8 Å². The van der Waals surface area contributed by atoms with Gasteiger partial charge in [-0.1, -0.05) is 0 Å². The molecular weight excluding hydrogens is 244 g/mol. The molecule has 0 atom stereocenters. The highest BCUT2D eigenvalue weighted by Crippen LogP contribution is 2.27. The van der Waals surface area contributed by atoms with Crippen molar-refractivity contribution in [1.29, 1.82) is 0 Å². The van der Waals surface area contributed by atoms with Gasteiger partial charge < -0.3 is 15.5 Å². The summed E-state index contributed by atoms with van der Waals surface area (Å²) in [4.78, 5) is 14.3. The molecule has 2 rings (SSSR count). The van der Waals surface area contributed by atoms with E-state index < -0.39 is 5.91 Å². The van der Waals surface area contributed by atoms with Crippen molar-refractivity contribution in [3.8, 4) is 5.75 Å². The molecule has 6 N–H and O–H groups in total. The van der Waals surface area contributed by atoms with E-state index in [1.165, 1.54) is 0 Å². The van der Waals surface area contributed by atoms with Crippen LogP contribution in [0.5, 0.6) is 5.75 Å². The lowest BCUT2D eigenvalue weighted by molar-refractivity contribution is 0.0950. The molecule has 0 saturated carbocycles. The Morgan fingerprint density at radius 3 is 2.76 bits per heavy atom. The Morgan fingerprint density at radius 2 is 2.18 bits per heavy atom. The van der Waals surface area contributed by atoms with Gasteiger partial charge in [-0.3, -0.25) is 10.2 Å². The van der Waals surface area contributed by atoms with Crippen LogP contribution in [-0.4, -0.2) is 18.0 Å². The molecule has 2 aromatic rings. The van der Waals surface area contributed by atoms with E-state index >= 15 is 0 Å². The number of amides is 1. The molecule has 92 valence electrons. The molecule has 0 fully saturated rings. The van der Waals surface area contributed by atoms with Crippen molar-refractivity contribution in [1.82, 2.24) is 10.4 Å². The minimum absolute atomic E-state index is 0. The third-order valence-corrected chi connectivity index (χ3v) is 2.40. The second kappa shape index (κ2) is 4.94. The highest BCUT2D eigenvalue weighted by molar-refractivity contribution is 6.07. The van der Waals surface area contributed by atoms with E-state index in [4.69, 9.17) is 16.3 Å². The van der Waals surface area contributed by atoms with Crippen LogP contribution in [-0.2, 0) is 0 Å². The van der Waals surface area contributed by atoms with Crippen molar-refractivity contribution in [2.24, 2.45) is 5.84 Å². The minimum atomic E-state index is -0.451. The largest absolute Gasteiger partial charge is 0.497 e. The Labute approximate surface area is 104 Å². The lowest BCUT2D eigenvalue weighted by atomic mass is 10.2. The third kappa shape index (κ3) is 2.13. The van der Waals surface area contributed by atoms with E-state index in [0.29, 0.717) is 11.4 Å². The third-order valence-electron chi connectivity index (χ3n) is 2.40. The number of carbonyl (C=O) groups is 1. The predicted molar refractivity (Wildman–Crippen MR) is 68.2 cm³/mol. The summed E-state index contributed by atoms with van der Waals surface area (Å²) in [7, 11) is 1.57. The maximum Gasteiger partial charge on any atom is 0.283 e. The molecule has 1 aromatic heterocycles. The van der Waals surface area contributed by atoms with Gasteiger partial charge in [-0.25, -0.2) is 5.84 Å². The van der Waals surface area contributed by atoms with Crippen molar-refractivity contribution in [2.45, 2.75) is 0 Å². The Bertz CT molecular complexity index is 552. The van der Waals surface area contributed by atoms with Crippen molar-refractivity contribution in [3.05, 3.63) is 23.9 Å². The van der Waals surface area contributed by atoms with Gasteiger partial charge in [0, 0.05) is 11.5 Å². The standard InChI is InChI=1S/C10H12N4O2.ClH/c1-16-5-2-3-6-7(4-5)13-9(8(6)11)10(15)14-12;/h2-4,13H,11-12H2,1H3,(H,14,15);1H. The summed E-state index contributed by atoms with van der Waals surface area (Å²) in [6, 6.07) is 5.32. The van der Waals surface area contributed by atoms with Crippen LogP contribution >= 0.6 is 12.4 Å². The van der Waals surface area contributed by atoms with Crippen LogP contribution in [0.1, 0.15) is 10.5 Å². The number of ether oxygens (including phenoxy) is 1. The Morgan fingerprint density at radius 1 is 1.47 bits per heavy atom. The van der Waals surface area contributed by atoms with Crippen molar-refractivity contribution < 1.29 is 9.53 Å². The average molecular weight is 257 g/mol. The number of halogens is 1. The quantitative estimate of drug-likeness (QED) is 0.362. The fourth-order valence-corrected chi connectivity index (χ4v) is 1.58. The molecule has 0 spiro atoms. The van der Waals surface area contributed by atoms with Gasteiger partial charge in [0.15, 0.2) is 0 Å². The molecule has 0 aliphatic carbocycles. The number of nitrogen functional groups attached to an aromatic ring is 2. The highest BCUT2D eigenvalue weighted by atomic mass is 35.5. The maximum atomic E-state index is 11.4. The number of nitrogens with two attached hydrogens (primary N) is 2. The zero-order valence-electron chi connectivity index (χ0n) is 9.11. The topological polar surface area (TPSA) is 106 Å². The number of nitrogens with one attached hydrogen (secondary N) is 2. The van der Waals surface area contributed by atoms with Crippen molar-refractivity contribution in [3.63, 3.8) is 0 Å². The summed E-state index contributed by atoms with van der Waals surface area (Å²) in [5, 5.41) is 0.763. The van der Waals surface area contributed by atoms with Gasteiger partial charge in [0.2, 0.25) is 0 Å². The molecule has 17 heavy (non-hydrogen) atoms. The molecule has 1 aromatic carbocycles. The molecule has 1 amide bonds. The van der Waals surface area contributed by atoms with E-state index in [-0.39, 0.29) is 18.1 Å². The number of aromatic amines is 1. The van der Waals surface area contributed by atoms with Crippen LogP contribution in [0.2, 0.25) is 0 Å². The molecule has 0 radical (unpaired) electrons. The number of H-pyrrole nitrogens is 1. The number of anilines is 1. The molecular formula is C10H13ClN4O2. The molecule has 1 heterocycles. The van der Waals surface area contributed by atoms with Crippen LogP contribution < -0.4 is 21.7 Å². The first kappa shape index (κ1) is 13.1. The SMILES string of the molecule is COc1ccc2c(N)c(C(=O)NN)[nH]c2c1.Cl. The number of methoxy groups -OCH3 is 1. The molecule has 6 nitrogen and oxygen atoms in total. The second-order valence-corrected chi connectivity index (χ2v) is 3.30. The Hall–Kier alpha value is -1.92. The number of fused-ring (bicyclic) bond motifs is 1. The van der Waals surface area contributed by atoms with E-state index in [9.17, 15) is 4.79 Å². The molecule has 0 unspecified atom stereocenters. The van der Waals surface area contributed by atoms with Gasteiger partial charge in [0.05, 0.1) is 18.3 Å². The van der Waals surface area contributed by atoms with Crippen LogP contribution in [0.15, 0.2) is 18.2 Å².